The topological polar surface area (TPSA) is 121 Å². The summed E-state index contributed by atoms with van der Waals surface area (Å²) in [6, 6.07) is 0. The SMILES string of the molecule is CC(C)(O)CO.O=C(O)CN(CCO)CCO. The molecule has 0 bridgehead atoms. The molecule has 0 aliphatic carbocycles. The predicted molar refractivity (Wildman–Crippen MR) is 61.6 cm³/mol. The molecule has 0 amide bonds. The Balaban J connectivity index is 0. The maximum absolute atomic E-state index is 10.2. The summed E-state index contributed by atoms with van der Waals surface area (Å²) in [5, 5.41) is 42.0. The van der Waals surface area contributed by atoms with Crippen LogP contribution in [0.2, 0.25) is 0 Å². The Morgan fingerprint density at radius 2 is 1.47 bits per heavy atom. The van der Waals surface area contributed by atoms with Crippen molar-refractivity contribution in [3.8, 4) is 0 Å². The van der Waals surface area contributed by atoms with Crippen molar-refractivity contribution < 1.29 is 30.3 Å². The van der Waals surface area contributed by atoms with Crippen LogP contribution in [0.3, 0.4) is 0 Å². The monoisotopic (exact) mass is 253 g/mol. The van der Waals surface area contributed by atoms with Crippen LogP contribution in [0.15, 0.2) is 0 Å². The molecular formula is C10H23NO6. The number of carboxylic acid groups (broad SMARTS) is 1. The fraction of sp³-hybridized carbons (Fsp3) is 0.900. The summed E-state index contributed by atoms with van der Waals surface area (Å²) in [5.41, 5.74) is -0.903. The van der Waals surface area contributed by atoms with Crippen molar-refractivity contribution in [2.75, 3.05) is 39.5 Å². The molecular weight excluding hydrogens is 230 g/mol. The van der Waals surface area contributed by atoms with Crippen LogP contribution >= 0.6 is 0 Å². The fourth-order valence-corrected chi connectivity index (χ4v) is 0.744. The average Bonchev–Trinajstić information content (AvgIpc) is 2.17. The zero-order valence-corrected chi connectivity index (χ0v) is 10.3. The first-order valence-electron chi connectivity index (χ1n) is 5.26. The standard InChI is InChI=1S/C6H13NO4.C4H10O2/c8-3-1-7(2-4-9)5-6(10)11;1-4(2,6)3-5/h8-9H,1-5H2,(H,10,11);5-6H,3H2,1-2H3. The van der Waals surface area contributed by atoms with Crippen LogP contribution in [0.25, 0.3) is 0 Å². The van der Waals surface area contributed by atoms with Crippen molar-refractivity contribution >= 4 is 5.97 Å². The number of aliphatic hydroxyl groups is 4. The van der Waals surface area contributed by atoms with E-state index < -0.39 is 11.6 Å². The van der Waals surface area contributed by atoms with Gasteiger partial charge in [0.15, 0.2) is 0 Å². The highest BCUT2D eigenvalue weighted by Crippen LogP contribution is 1.95. The summed E-state index contributed by atoms with van der Waals surface area (Å²) in [7, 11) is 0. The number of carbonyl (C=O) groups is 1. The van der Waals surface area contributed by atoms with Crippen LogP contribution in [0.1, 0.15) is 13.8 Å². The predicted octanol–water partition coefficient (Wildman–Crippen LogP) is -1.89. The van der Waals surface area contributed by atoms with Crippen molar-refractivity contribution in [3.63, 3.8) is 0 Å². The van der Waals surface area contributed by atoms with E-state index in [1.54, 1.807) is 13.8 Å². The molecule has 0 aromatic rings. The van der Waals surface area contributed by atoms with Gasteiger partial charge in [-0.3, -0.25) is 9.69 Å². The third-order valence-corrected chi connectivity index (χ3v) is 1.58. The second kappa shape index (κ2) is 10.4. The summed E-state index contributed by atoms with van der Waals surface area (Å²) in [4.78, 5) is 11.6. The zero-order valence-electron chi connectivity index (χ0n) is 10.3. The van der Waals surface area contributed by atoms with Crippen molar-refractivity contribution in [3.05, 3.63) is 0 Å². The van der Waals surface area contributed by atoms with Crippen LogP contribution in [0.5, 0.6) is 0 Å². The van der Waals surface area contributed by atoms with Gasteiger partial charge < -0.3 is 25.5 Å². The lowest BCUT2D eigenvalue weighted by atomic mass is 10.2. The van der Waals surface area contributed by atoms with Crippen LogP contribution in [0, 0.1) is 0 Å². The molecule has 17 heavy (non-hydrogen) atoms. The first-order valence-corrected chi connectivity index (χ1v) is 5.26. The number of aliphatic hydroxyl groups excluding tert-OH is 3. The molecule has 0 spiro atoms. The van der Waals surface area contributed by atoms with E-state index in [0.717, 1.165) is 0 Å². The normalized spacial score (nSPS) is 11.0. The first-order chi connectivity index (χ1) is 7.76. The lowest BCUT2D eigenvalue weighted by Crippen LogP contribution is -2.34. The second-order valence-electron chi connectivity index (χ2n) is 4.09. The molecule has 0 heterocycles. The van der Waals surface area contributed by atoms with E-state index >= 15 is 0 Å². The number of hydrogen-bond acceptors (Lipinski definition) is 6. The largest absolute Gasteiger partial charge is 0.480 e. The molecule has 0 fully saturated rings. The van der Waals surface area contributed by atoms with E-state index in [9.17, 15) is 4.79 Å². The minimum Gasteiger partial charge on any atom is -0.480 e. The van der Waals surface area contributed by atoms with Crippen molar-refractivity contribution in [1.82, 2.24) is 4.90 Å². The van der Waals surface area contributed by atoms with Gasteiger partial charge in [0.2, 0.25) is 0 Å². The highest BCUT2D eigenvalue weighted by Gasteiger charge is 2.07. The fourth-order valence-electron chi connectivity index (χ4n) is 0.744. The molecule has 0 aromatic carbocycles. The lowest BCUT2D eigenvalue weighted by molar-refractivity contribution is -0.138. The molecule has 5 N–H and O–H groups in total. The molecule has 0 saturated carbocycles. The van der Waals surface area contributed by atoms with Crippen molar-refractivity contribution in [2.45, 2.75) is 19.4 Å². The van der Waals surface area contributed by atoms with Crippen molar-refractivity contribution in [1.29, 1.82) is 0 Å². The summed E-state index contributed by atoms with van der Waals surface area (Å²) >= 11 is 0. The zero-order chi connectivity index (χ0) is 13.9. The minimum absolute atomic E-state index is 0.0900. The highest BCUT2D eigenvalue weighted by atomic mass is 16.4. The van der Waals surface area contributed by atoms with Gasteiger partial charge in [-0.1, -0.05) is 0 Å². The molecule has 0 unspecified atom stereocenters. The Labute approximate surface area is 101 Å². The van der Waals surface area contributed by atoms with E-state index in [2.05, 4.69) is 0 Å². The van der Waals surface area contributed by atoms with Gasteiger partial charge in [0.1, 0.15) is 0 Å². The molecule has 104 valence electrons. The van der Waals surface area contributed by atoms with E-state index in [1.807, 2.05) is 0 Å². The molecule has 0 atom stereocenters. The quantitative estimate of drug-likeness (QED) is 0.359. The van der Waals surface area contributed by atoms with Crippen LogP contribution in [0.4, 0.5) is 0 Å². The molecule has 0 aliphatic heterocycles. The molecule has 7 heteroatoms. The van der Waals surface area contributed by atoms with Gasteiger partial charge in [0.05, 0.1) is 32.0 Å². The number of carboxylic acids is 1. The van der Waals surface area contributed by atoms with E-state index in [4.69, 9.17) is 25.5 Å². The summed E-state index contributed by atoms with van der Waals surface area (Å²) in [6.07, 6.45) is 0. The van der Waals surface area contributed by atoms with E-state index in [-0.39, 0.29) is 39.5 Å². The Bertz CT molecular complexity index is 186. The van der Waals surface area contributed by atoms with Crippen LogP contribution in [-0.2, 0) is 4.79 Å². The summed E-state index contributed by atoms with van der Waals surface area (Å²) in [5.74, 6) is -0.952. The van der Waals surface area contributed by atoms with E-state index in [1.165, 1.54) is 4.90 Å². The summed E-state index contributed by atoms with van der Waals surface area (Å²) in [6.45, 7) is 3.18. The molecule has 7 nitrogen and oxygen atoms in total. The molecule has 0 aliphatic rings. The lowest BCUT2D eigenvalue weighted by Gasteiger charge is -2.16. The third kappa shape index (κ3) is 17.9. The van der Waals surface area contributed by atoms with Gasteiger partial charge in [-0.25, -0.2) is 0 Å². The maximum atomic E-state index is 10.2. The average molecular weight is 253 g/mol. The number of aliphatic carboxylic acids is 1. The van der Waals surface area contributed by atoms with Crippen molar-refractivity contribution in [2.24, 2.45) is 0 Å². The number of nitrogens with zero attached hydrogens (tertiary/aromatic N) is 1. The highest BCUT2D eigenvalue weighted by molar-refractivity contribution is 5.69. The molecule has 0 aromatic heterocycles. The first kappa shape index (κ1) is 18.6. The molecule has 0 saturated heterocycles. The Morgan fingerprint density at radius 3 is 1.65 bits per heavy atom. The van der Waals surface area contributed by atoms with Gasteiger partial charge in [-0.2, -0.15) is 0 Å². The smallest absolute Gasteiger partial charge is 0.317 e. The number of rotatable bonds is 7. The van der Waals surface area contributed by atoms with Crippen LogP contribution in [-0.4, -0.2) is 81.5 Å². The van der Waals surface area contributed by atoms with Gasteiger partial charge in [-0.05, 0) is 13.8 Å². The van der Waals surface area contributed by atoms with Gasteiger partial charge >= 0.3 is 5.97 Å². The maximum Gasteiger partial charge on any atom is 0.317 e. The summed E-state index contributed by atoms with van der Waals surface area (Å²) < 4.78 is 0. The molecule has 0 rings (SSSR count). The van der Waals surface area contributed by atoms with Crippen LogP contribution < -0.4 is 0 Å². The minimum atomic E-state index is -0.952. The number of hydrogen-bond donors (Lipinski definition) is 5. The Kier molecular flexibility index (Phi) is 11.4. The third-order valence-electron chi connectivity index (χ3n) is 1.58. The van der Waals surface area contributed by atoms with E-state index in [0.29, 0.717) is 0 Å². The van der Waals surface area contributed by atoms with Gasteiger partial charge in [0.25, 0.3) is 0 Å². The second-order valence-corrected chi connectivity index (χ2v) is 4.09. The van der Waals surface area contributed by atoms with Gasteiger partial charge in [-0.15, -0.1) is 0 Å². The molecule has 0 radical (unpaired) electrons. The Hall–Kier alpha value is -0.730. The van der Waals surface area contributed by atoms with Gasteiger partial charge in [0, 0.05) is 13.1 Å². The Morgan fingerprint density at radius 1 is 1.12 bits per heavy atom.